The number of hydrogen-bond acceptors (Lipinski definition) is 3. The Morgan fingerprint density at radius 3 is 2.58 bits per heavy atom. The van der Waals surface area contributed by atoms with Crippen LogP contribution in [0.1, 0.15) is 49.9 Å². The summed E-state index contributed by atoms with van der Waals surface area (Å²) in [6.07, 6.45) is 4.07. The molecule has 0 radical (unpaired) electrons. The molecule has 0 bridgehead atoms. The summed E-state index contributed by atoms with van der Waals surface area (Å²) >= 11 is 5.91. The number of nitrogens with two attached hydrogens (primary N) is 1. The zero-order valence-corrected chi connectivity index (χ0v) is 12.2. The number of halogens is 1. The molecular weight excluding hydrogens is 262 g/mol. The molecule has 0 amide bonds. The summed E-state index contributed by atoms with van der Waals surface area (Å²) in [5, 5.41) is 0.388. The minimum absolute atomic E-state index is 0.0249. The zero-order valence-electron chi connectivity index (χ0n) is 11.4. The van der Waals surface area contributed by atoms with Crippen LogP contribution < -0.4 is 5.73 Å². The lowest BCUT2D eigenvalue weighted by Crippen LogP contribution is -2.28. The van der Waals surface area contributed by atoms with Crippen LogP contribution >= 0.6 is 11.6 Å². The Balaban J connectivity index is 1.96. The average Bonchev–Trinajstić information content (AvgIpc) is 2.35. The van der Waals surface area contributed by atoms with E-state index in [1.165, 1.54) is 0 Å². The van der Waals surface area contributed by atoms with Gasteiger partial charge in [0.1, 0.15) is 6.10 Å². The van der Waals surface area contributed by atoms with Gasteiger partial charge in [-0.3, -0.25) is 0 Å². The number of anilines is 1. The van der Waals surface area contributed by atoms with Gasteiger partial charge in [-0.1, -0.05) is 25.4 Å². The largest absolute Gasteiger partial charge is 0.459 e. The highest BCUT2D eigenvalue weighted by Crippen LogP contribution is 2.36. The maximum absolute atomic E-state index is 12.0. The molecule has 2 rings (SSSR count). The molecule has 0 aromatic heterocycles. The first kappa shape index (κ1) is 14.2. The molecule has 1 aromatic carbocycles. The van der Waals surface area contributed by atoms with Gasteiger partial charge in [-0.15, -0.1) is 0 Å². The highest BCUT2D eigenvalue weighted by Gasteiger charge is 2.29. The summed E-state index contributed by atoms with van der Waals surface area (Å²) in [5.74, 6) is -0.313. The van der Waals surface area contributed by atoms with E-state index in [1.54, 1.807) is 18.2 Å². The Morgan fingerprint density at radius 2 is 2.00 bits per heavy atom. The van der Waals surface area contributed by atoms with Crippen LogP contribution in [0.4, 0.5) is 5.69 Å². The van der Waals surface area contributed by atoms with E-state index in [-0.39, 0.29) is 12.1 Å². The van der Waals surface area contributed by atoms with Gasteiger partial charge in [0.15, 0.2) is 0 Å². The van der Waals surface area contributed by atoms with Crippen LogP contribution in [0.15, 0.2) is 18.2 Å². The highest BCUT2D eigenvalue weighted by atomic mass is 35.5. The van der Waals surface area contributed by atoms with E-state index in [2.05, 4.69) is 13.8 Å². The fraction of sp³-hybridized carbons (Fsp3) is 0.533. The van der Waals surface area contributed by atoms with Crippen molar-refractivity contribution in [1.29, 1.82) is 0 Å². The van der Waals surface area contributed by atoms with E-state index in [9.17, 15) is 4.79 Å². The number of benzene rings is 1. The molecule has 1 aliphatic rings. The molecular formula is C15H20ClNO2. The number of rotatable bonds is 2. The van der Waals surface area contributed by atoms with Crippen LogP contribution in [0.2, 0.25) is 5.02 Å². The van der Waals surface area contributed by atoms with Gasteiger partial charge >= 0.3 is 5.97 Å². The lowest BCUT2D eigenvalue weighted by atomic mass is 9.76. The molecule has 1 aliphatic carbocycles. The molecule has 0 spiro atoms. The number of ether oxygens (including phenoxy) is 1. The molecule has 104 valence electrons. The van der Waals surface area contributed by atoms with Gasteiger partial charge in [0.25, 0.3) is 0 Å². The molecule has 4 heteroatoms. The van der Waals surface area contributed by atoms with Crippen LogP contribution in [0.5, 0.6) is 0 Å². The lowest BCUT2D eigenvalue weighted by molar-refractivity contribution is 0.00952. The third kappa shape index (κ3) is 3.63. The first-order chi connectivity index (χ1) is 8.87. The second-order valence-corrected chi connectivity index (χ2v) is 6.41. The quantitative estimate of drug-likeness (QED) is 0.657. The van der Waals surface area contributed by atoms with E-state index < -0.39 is 0 Å². The van der Waals surface area contributed by atoms with E-state index in [0.717, 1.165) is 25.7 Å². The Bertz CT molecular complexity index is 475. The van der Waals surface area contributed by atoms with Crippen molar-refractivity contribution in [3.8, 4) is 0 Å². The smallest absolute Gasteiger partial charge is 0.338 e. The second-order valence-electron chi connectivity index (χ2n) is 6.01. The molecule has 1 fully saturated rings. The molecule has 19 heavy (non-hydrogen) atoms. The fourth-order valence-electron chi connectivity index (χ4n) is 2.36. The minimum Gasteiger partial charge on any atom is -0.459 e. The number of nitrogen functional groups attached to an aromatic ring is 1. The monoisotopic (exact) mass is 281 g/mol. The topological polar surface area (TPSA) is 52.3 Å². The average molecular weight is 282 g/mol. The minimum atomic E-state index is -0.313. The predicted molar refractivity (Wildman–Crippen MR) is 77.3 cm³/mol. The molecule has 0 heterocycles. The number of esters is 1. The van der Waals surface area contributed by atoms with Crippen molar-refractivity contribution < 1.29 is 9.53 Å². The molecule has 2 N–H and O–H groups in total. The Kier molecular flexibility index (Phi) is 4.04. The van der Waals surface area contributed by atoms with Gasteiger partial charge in [-0.25, -0.2) is 4.79 Å². The predicted octanol–water partition coefficient (Wildman–Crippen LogP) is 4.05. The van der Waals surface area contributed by atoms with Crippen molar-refractivity contribution in [2.75, 3.05) is 5.73 Å². The summed E-state index contributed by atoms with van der Waals surface area (Å²) in [6.45, 7) is 4.51. The van der Waals surface area contributed by atoms with Gasteiger partial charge in [0, 0.05) is 0 Å². The van der Waals surface area contributed by atoms with Crippen LogP contribution in [-0.2, 0) is 4.74 Å². The van der Waals surface area contributed by atoms with Gasteiger partial charge in [0.2, 0.25) is 0 Å². The second kappa shape index (κ2) is 5.41. The summed E-state index contributed by atoms with van der Waals surface area (Å²) in [6, 6.07) is 4.84. The number of hydrogen-bond donors (Lipinski definition) is 1. The first-order valence-corrected chi connectivity index (χ1v) is 7.01. The molecule has 0 unspecified atom stereocenters. The van der Waals surface area contributed by atoms with Gasteiger partial charge in [-0.05, 0) is 49.3 Å². The summed E-state index contributed by atoms with van der Waals surface area (Å²) in [4.78, 5) is 12.0. The van der Waals surface area contributed by atoms with Crippen LogP contribution in [0.25, 0.3) is 0 Å². The van der Waals surface area contributed by atoms with E-state index in [1.807, 2.05) is 0 Å². The molecule has 3 nitrogen and oxygen atoms in total. The normalized spacial score (nSPS) is 19.1. The lowest BCUT2D eigenvalue weighted by Gasteiger charge is -2.33. The Morgan fingerprint density at radius 1 is 1.37 bits per heavy atom. The third-order valence-electron chi connectivity index (χ3n) is 3.80. The summed E-state index contributed by atoms with van der Waals surface area (Å²) < 4.78 is 5.53. The van der Waals surface area contributed by atoms with Crippen LogP contribution in [0.3, 0.4) is 0 Å². The van der Waals surface area contributed by atoms with E-state index in [0.29, 0.717) is 21.7 Å². The summed E-state index contributed by atoms with van der Waals surface area (Å²) in [7, 11) is 0. The molecule has 0 atom stereocenters. The van der Waals surface area contributed by atoms with Crippen molar-refractivity contribution in [3.63, 3.8) is 0 Å². The van der Waals surface area contributed by atoms with Crippen molar-refractivity contribution >= 4 is 23.3 Å². The van der Waals surface area contributed by atoms with Gasteiger partial charge in [0.05, 0.1) is 16.3 Å². The maximum atomic E-state index is 12.0. The van der Waals surface area contributed by atoms with Crippen LogP contribution in [-0.4, -0.2) is 12.1 Å². The summed E-state index contributed by atoms with van der Waals surface area (Å²) in [5.41, 5.74) is 6.92. The van der Waals surface area contributed by atoms with Crippen molar-refractivity contribution in [2.24, 2.45) is 5.41 Å². The molecule has 1 saturated carbocycles. The van der Waals surface area contributed by atoms with Crippen molar-refractivity contribution in [3.05, 3.63) is 28.8 Å². The third-order valence-corrected chi connectivity index (χ3v) is 4.12. The molecule has 0 aliphatic heterocycles. The molecule has 0 saturated heterocycles. The SMILES string of the molecule is CC1(C)CCC(OC(=O)c2ccc(N)c(Cl)c2)CC1. The number of carbonyl (C=O) groups is 1. The van der Waals surface area contributed by atoms with E-state index >= 15 is 0 Å². The first-order valence-electron chi connectivity index (χ1n) is 6.63. The fourth-order valence-corrected chi connectivity index (χ4v) is 2.54. The van der Waals surface area contributed by atoms with Crippen molar-refractivity contribution in [1.82, 2.24) is 0 Å². The Hall–Kier alpha value is -1.22. The van der Waals surface area contributed by atoms with Crippen molar-refractivity contribution in [2.45, 2.75) is 45.6 Å². The maximum Gasteiger partial charge on any atom is 0.338 e. The molecule has 1 aromatic rings. The zero-order chi connectivity index (χ0) is 14.0. The van der Waals surface area contributed by atoms with Gasteiger partial charge < -0.3 is 10.5 Å². The Labute approximate surface area is 119 Å². The standard InChI is InChI=1S/C15H20ClNO2/c1-15(2)7-5-11(6-8-15)19-14(18)10-3-4-13(17)12(16)9-10/h3-4,9,11H,5-8,17H2,1-2H3. The van der Waals surface area contributed by atoms with Crippen LogP contribution in [0, 0.1) is 5.41 Å². The van der Waals surface area contributed by atoms with E-state index in [4.69, 9.17) is 22.1 Å². The van der Waals surface area contributed by atoms with Gasteiger partial charge in [-0.2, -0.15) is 0 Å². The highest BCUT2D eigenvalue weighted by molar-refractivity contribution is 6.33. The number of carbonyl (C=O) groups excluding carboxylic acids is 1.